The number of aromatic nitrogens is 4. The van der Waals surface area contributed by atoms with Crippen LogP contribution in [0.25, 0.3) is 11.5 Å². The largest absolute Gasteiger partial charge is 0.415 e. The predicted octanol–water partition coefficient (Wildman–Crippen LogP) is 2.22. The Hall–Kier alpha value is -3.60. The van der Waals surface area contributed by atoms with Crippen molar-refractivity contribution in [2.24, 2.45) is 5.10 Å². The molecular formula is C18H17F2N7O2. The summed E-state index contributed by atoms with van der Waals surface area (Å²) in [5.41, 5.74) is 1.41. The van der Waals surface area contributed by atoms with Crippen molar-refractivity contribution in [1.29, 1.82) is 0 Å². The van der Waals surface area contributed by atoms with E-state index >= 15 is 0 Å². The maximum Gasteiger partial charge on any atom is 0.314 e. The highest BCUT2D eigenvalue weighted by Gasteiger charge is 2.23. The number of carbonyl (C=O) groups is 1. The number of hydrazone groups is 1. The van der Waals surface area contributed by atoms with E-state index in [9.17, 15) is 13.6 Å². The summed E-state index contributed by atoms with van der Waals surface area (Å²) in [5, 5.41) is 15.0. The molecule has 0 fully saturated rings. The second-order valence-electron chi connectivity index (χ2n) is 5.80. The molecular weight excluding hydrogens is 384 g/mol. The maximum absolute atomic E-state index is 12.6. The second-order valence-corrected chi connectivity index (χ2v) is 5.80. The van der Waals surface area contributed by atoms with Crippen molar-refractivity contribution < 1.29 is 18.0 Å². The van der Waals surface area contributed by atoms with Gasteiger partial charge in [-0.1, -0.05) is 6.07 Å². The number of alkyl halides is 2. The van der Waals surface area contributed by atoms with Gasteiger partial charge in [-0.3, -0.25) is 14.8 Å². The van der Waals surface area contributed by atoms with Crippen LogP contribution in [0, 0.1) is 0 Å². The second kappa shape index (κ2) is 9.06. The van der Waals surface area contributed by atoms with E-state index in [1.807, 2.05) is 0 Å². The third-order valence-electron chi connectivity index (χ3n) is 3.86. The van der Waals surface area contributed by atoms with Gasteiger partial charge in [0.05, 0.1) is 23.2 Å². The summed E-state index contributed by atoms with van der Waals surface area (Å²) in [4.78, 5) is 20.9. The molecule has 0 aliphatic heterocycles. The van der Waals surface area contributed by atoms with Gasteiger partial charge in [-0.2, -0.15) is 13.9 Å². The molecule has 0 radical (unpaired) electrons. The molecule has 0 spiro atoms. The molecule has 0 aromatic carbocycles. The lowest BCUT2D eigenvalue weighted by molar-refractivity contribution is -0.132. The van der Waals surface area contributed by atoms with Crippen LogP contribution in [-0.2, 0) is 4.79 Å². The third-order valence-corrected chi connectivity index (χ3v) is 3.86. The van der Waals surface area contributed by atoms with Crippen LogP contribution in [0.3, 0.4) is 0 Å². The summed E-state index contributed by atoms with van der Waals surface area (Å²) in [7, 11) is 3.18. The van der Waals surface area contributed by atoms with Crippen LogP contribution in [0.1, 0.15) is 29.7 Å². The molecule has 1 amide bonds. The van der Waals surface area contributed by atoms with Crippen molar-refractivity contribution >= 4 is 12.1 Å². The Morgan fingerprint density at radius 1 is 1.24 bits per heavy atom. The van der Waals surface area contributed by atoms with E-state index < -0.39 is 18.4 Å². The lowest BCUT2D eigenvalue weighted by Crippen LogP contribution is -2.35. The number of nitrogens with one attached hydrogen (secondary N) is 1. The third kappa shape index (κ3) is 4.82. The molecule has 1 N–H and O–H groups in total. The first-order chi connectivity index (χ1) is 14.0. The lowest BCUT2D eigenvalue weighted by Gasteiger charge is -2.19. The molecule has 0 saturated heterocycles. The number of pyridine rings is 2. The monoisotopic (exact) mass is 401 g/mol. The zero-order chi connectivity index (χ0) is 20.8. The number of halogens is 2. The average Bonchev–Trinajstić information content (AvgIpc) is 3.24. The normalized spacial score (nSPS) is 12.4. The molecule has 0 aliphatic carbocycles. The van der Waals surface area contributed by atoms with E-state index in [4.69, 9.17) is 4.42 Å². The fourth-order valence-corrected chi connectivity index (χ4v) is 2.38. The molecule has 3 aromatic rings. The van der Waals surface area contributed by atoms with Crippen LogP contribution in [0.2, 0.25) is 0 Å². The SMILES string of the molecule is CNC(C(=O)N(C)/N=C/c1ccc(-c2nnc(C(F)F)o2)cn1)c1ccccn1. The Bertz CT molecular complexity index is 977. The molecule has 3 aromatic heterocycles. The van der Waals surface area contributed by atoms with Crippen LogP contribution in [0.5, 0.6) is 0 Å². The fraction of sp³-hybridized carbons (Fsp3) is 0.222. The summed E-state index contributed by atoms with van der Waals surface area (Å²) in [6, 6.07) is 7.81. The molecule has 3 rings (SSSR count). The molecule has 29 heavy (non-hydrogen) atoms. The van der Waals surface area contributed by atoms with Gasteiger partial charge < -0.3 is 9.73 Å². The van der Waals surface area contributed by atoms with Gasteiger partial charge in [0.1, 0.15) is 6.04 Å². The Balaban J connectivity index is 1.67. The Morgan fingerprint density at radius 2 is 2.07 bits per heavy atom. The van der Waals surface area contributed by atoms with E-state index in [1.54, 1.807) is 43.6 Å². The highest BCUT2D eigenvalue weighted by Crippen LogP contribution is 2.22. The van der Waals surface area contributed by atoms with Gasteiger partial charge in [0, 0.05) is 19.4 Å². The number of amides is 1. The number of rotatable bonds is 7. The van der Waals surface area contributed by atoms with Gasteiger partial charge in [0.15, 0.2) is 0 Å². The van der Waals surface area contributed by atoms with Crippen LogP contribution < -0.4 is 5.32 Å². The molecule has 3 heterocycles. The molecule has 9 nitrogen and oxygen atoms in total. The van der Waals surface area contributed by atoms with E-state index in [0.29, 0.717) is 17.0 Å². The van der Waals surface area contributed by atoms with E-state index in [2.05, 4.69) is 30.6 Å². The standard InChI is InChI=1S/C18H17F2N7O2/c1-21-14(13-5-3-4-8-22-13)18(28)27(2)24-10-12-7-6-11(9-23-12)16-25-26-17(29-16)15(19)20/h3-10,14-15,21H,1-2H3/b24-10+. The van der Waals surface area contributed by atoms with Crippen LogP contribution in [0.15, 0.2) is 52.2 Å². The topological polar surface area (TPSA) is 109 Å². The number of hydrogen-bond donors (Lipinski definition) is 1. The molecule has 1 atom stereocenters. The first-order valence-corrected chi connectivity index (χ1v) is 8.47. The number of nitrogens with zero attached hydrogens (tertiary/aromatic N) is 6. The highest BCUT2D eigenvalue weighted by molar-refractivity contribution is 5.84. The zero-order valence-electron chi connectivity index (χ0n) is 15.5. The fourth-order valence-electron chi connectivity index (χ4n) is 2.38. The first-order valence-electron chi connectivity index (χ1n) is 8.47. The highest BCUT2D eigenvalue weighted by atomic mass is 19.3. The minimum atomic E-state index is -2.84. The van der Waals surface area contributed by atoms with Gasteiger partial charge in [-0.15, -0.1) is 10.2 Å². The predicted molar refractivity (Wildman–Crippen MR) is 98.9 cm³/mol. The van der Waals surface area contributed by atoms with Gasteiger partial charge in [-0.25, -0.2) is 5.01 Å². The van der Waals surface area contributed by atoms with Crippen LogP contribution in [0.4, 0.5) is 8.78 Å². The summed E-state index contributed by atoms with van der Waals surface area (Å²) < 4.78 is 29.9. The van der Waals surface area contributed by atoms with Crippen molar-refractivity contribution in [3.8, 4) is 11.5 Å². The van der Waals surface area contributed by atoms with Gasteiger partial charge in [-0.05, 0) is 31.3 Å². The quantitative estimate of drug-likeness (QED) is 0.477. The van der Waals surface area contributed by atoms with Gasteiger partial charge in [0.2, 0.25) is 5.89 Å². The van der Waals surface area contributed by atoms with Crippen molar-refractivity contribution in [2.45, 2.75) is 12.5 Å². The van der Waals surface area contributed by atoms with Gasteiger partial charge in [0.25, 0.3) is 11.8 Å². The van der Waals surface area contributed by atoms with E-state index in [0.717, 1.165) is 0 Å². The minimum Gasteiger partial charge on any atom is -0.415 e. The van der Waals surface area contributed by atoms with Crippen molar-refractivity contribution in [3.05, 3.63) is 60.0 Å². The number of likely N-dealkylation sites (N-methyl/N-ethyl adjacent to an activating group) is 2. The van der Waals surface area contributed by atoms with Crippen molar-refractivity contribution in [1.82, 2.24) is 30.5 Å². The molecule has 1 unspecified atom stereocenters. The smallest absolute Gasteiger partial charge is 0.314 e. The number of carbonyl (C=O) groups excluding carboxylic acids is 1. The molecule has 11 heteroatoms. The summed E-state index contributed by atoms with van der Waals surface area (Å²) in [6.07, 6.45) is 1.55. The molecule has 150 valence electrons. The van der Waals surface area contributed by atoms with Crippen LogP contribution >= 0.6 is 0 Å². The number of hydrogen-bond acceptors (Lipinski definition) is 8. The summed E-state index contributed by atoms with van der Waals surface area (Å²) in [6.45, 7) is 0. The van der Waals surface area contributed by atoms with E-state index in [-0.39, 0.29) is 11.8 Å². The van der Waals surface area contributed by atoms with Gasteiger partial charge >= 0.3 is 6.43 Å². The molecule has 0 aliphatic rings. The maximum atomic E-state index is 12.6. The van der Waals surface area contributed by atoms with Crippen LogP contribution in [-0.4, -0.2) is 51.4 Å². The molecule has 0 saturated carbocycles. The minimum absolute atomic E-state index is 0.0594. The summed E-state index contributed by atoms with van der Waals surface area (Å²) >= 11 is 0. The first kappa shape index (κ1) is 20.1. The zero-order valence-corrected chi connectivity index (χ0v) is 15.5. The van der Waals surface area contributed by atoms with Crippen molar-refractivity contribution in [3.63, 3.8) is 0 Å². The molecule has 0 bridgehead atoms. The lowest BCUT2D eigenvalue weighted by atomic mass is 10.2. The Morgan fingerprint density at radius 3 is 2.66 bits per heavy atom. The van der Waals surface area contributed by atoms with Crippen molar-refractivity contribution in [2.75, 3.05) is 14.1 Å². The summed E-state index contributed by atoms with van der Waals surface area (Å²) in [5.74, 6) is -1.11. The Labute approximate surface area is 164 Å². The Kier molecular flexibility index (Phi) is 6.29. The average molecular weight is 401 g/mol. The van der Waals surface area contributed by atoms with E-state index in [1.165, 1.54) is 24.5 Å².